The van der Waals surface area contributed by atoms with Crippen molar-refractivity contribution in [3.05, 3.63) is 0 Å². The van der Waals surface area contributed by atoms with Crippen molar-refractivity contribution in [3.8, 4) is 0 Å². The second-order valence-corrected chi connectivity index (χ2v) is 5.55. The van der Waals surface area contributed by atoms with Crippen LogP contribution in [0.2, 0.25) is 0 Å². The zero-order chi connectivity index (χ0) is 12.8. The smallest absolute Gasteiger partial charge is 0.221 e. The minimum absolute atomic E-state index is 0.104. The quantitative estimate of drug-likeness (QED) is 0.731. The average molecular weight is 255 g/mol. The molecule has 1 heterocycles. The summed E-state index contributed by atoms with van der Waals surface area (Å²) in [5.74, 6) is 0.104. The molecule has 104 valence electrons. The van der Waals surface area contributed by atoms with E-state index in [-0.39, 0.29) is 11.4 Å². The number of hydrogen-bond donors (Lipinski definition) is 2. The van der Waals surface area contributed by atoms with Crippen molar-refractivity contribution in [2.24, 2.45) is 5.73 Å². The Labute approximate surface area is 109 Å². The molecule has 5 heteroatoms. The van der Waals surface area contributed by atoms with E-state index in [9.17, 15) is 4.79 Å². The number of hydrogen-bond acceptors (Lipinski definition) is 4. The van der Waals surface area contributed by atoms with Gasteiger partial charge in [0.1, 0.15) is 0 Å². The largest absolute Gasteiger partial charge is 0.379 e. The van der Waals surface area contributed by atoms with Gasteiger partial charge in [0.2, 0.25) is 5.91 Å². The van der Waals surface area contributed by atoms with Gasteiger partial charge in [0.15, 0.2) is 0 Å². The molecule has 1 saturated carbocycles. The van der Waals surface area contributed by atoms with Gasteiger partial charge < -0.3 is 15.8 Å². The third kappa shape index (κ3) is 4.23. The molecule has 0 radical (unpaired) electrons. The van der Waals surface area contributed by atoms with Crippen LogP contribution >= 0.6 is 0 Å². The highest BCUT2D eigenvalue weighted by molar-refractivity contribution is 5.77. The second-order valence-electron chi connectivity index (χ2n) is 5.55. The van der Waals surface area contributed by atoms with E-state index in [2.05, 4.69) is 10.2 Å². The Morgan fingerprint density at radius 1 is 1.28 bits per heavy atom. The molecule has 2 aliphatic rings. The van der Waals surface area contributed by atoms with Gasteiger partial charge in [-0.1, -0.05) is 12.8 Å². The molecule has 0 spiro atoms. The molecular formula is C13H25N3O2. The molecule has 1 aliphatic heterocycles. The Morgan fingerprint density at radius 3 is 2.61 bits per heavy atom. The fourth-order valence-corrected chi connectivity index (χ4v) is 2.82. The van der Waals surface area contributed by atoms with Gasteiger partial charge in [-0.15, -0.1) is 0 Å². The molecule has 0 aromatic heterocycles. The van der Waals surface area contributed by atoms with Crippen molar-refractivity contribution >= 4 is 5.91 Å². The fraction of sp³-hybridized carbons (Fsp3) is 0.923. The summed E-state index contributed by atoms with van der Waals surface area (Å²) in [6.45, 7) is 5.18. The molecule has 1 aliphatic carbocycles. The van der Waals surface area contributed by atoms with Crippen molar-refractivity contribution < 1.29 is 9.53 Å². The highest BCUT2D eigenvalue weighted by atomic mass is 16.5. The van der Waals surface area contributed by atoms with E-state index >= 15 is 0 Å². The highest BCUT2D eigenvalue weighted by Crippen LogP contribution is 2.29. The van der Waals surface area contributed by atoms with Crippen molar-refractivity contribution in [2.45, 2.75) is 37.6 Å². The first-order chi connectivity index (χ1) is 8.68. The fourth-order valence-electron chi connectivity index (χ4n) is 2.82. The number of ether oxygens (including phenoxy) is 1. The van der Waals surface area contributed by atoms with E-state index in [1.54, 1.807) is 0 Å². The first kappa shape index (κ1) is 13.8. The first-order valence-electron chi connectivity index (χ1n) is 7.04. The van der Waals surface area contributed by atoms with E-state index in [4.69, 9.17) is 10.5 Å². The summed E-state index contributed by atoms with van der Waals surface area (Å²) in [5, 5.41) is 2.98. The first-order valence-corrected chi connectivity index (χ1v) is 7.04. The normalized spacial score (nSPS) is 24.1. The maximum atomic E-state index is 11.8. The molecule has 3 N–H and O–H groups in total. The Bertz CT molecular complexity index is 271. The van der Waals surface area contributed by atoms with Gasteiger partial charge >= 0.3 is 0 Å². The van der Waals surface area contributed by atoms with Gasteiger partial charge in [-0.2, -0.15) is 0 Å². The molecule has 2 fully saturated rings. The number of nitrogens with zero attached hydrogens (tertiary/aromatic N) is 1. The molecule has 1 amide bonds. The highest BCUT2D eigenvalue weighted by Gasteiger charge is 2.31. The van der Waals surface area contributed by atoms with Crippen LogP contribution in [0.25, 0.3) is 0 Å². The molecule has 0 unspecified atom stereocenters. The van der Waals surface area contributed by atoms with Gasteiger partial charge in [-0.05, 0) is 12.8 Å². The van der Waals surface area contributed by atoms with Crippen LogP contribution in [0.4, 0.5) is 0 Å². The molecule has 0 bridgehead atoms. The number of nitrogens with two attached hydrogens (primary N) is 1. The summed E-state index contributed by atoms with van der Waals surface area (Å²) in [5.41, 5.74) is 5.95. The van der Waals surface area contributed by atoms with Gasteiger partial charge in [-0.3, -0.25) is 9.69 Å². The Morgan fingerprint density at radius 2 is 1.94 bits per heavy atom. The molecular weight excluding hydrogens is 230 g/mol. The van der Waals surface area contributed by atoms with Crippen LogP contribution < -0.4 is 11.1 Å². The summed E-state index contributed by atoms with van der Waals surface area (Å²) < 4.78 is 5.28. The minimum atomic E-state index is -0.233. The third-order valence-corrected chi connectivity index (χ3v) is 3.97. The lowest BCUT2D eigenvalue weighted by atomic mass is 9.94. The van der Waals surface area contributed by atoms with E-state index in [0.717, 1.165) is 65.1 Å². The van der Waals surface area contributed by atoms with Gasteiger partial charge in [-0.25, -0.2) is 0 Å². The second kappa shape index (κ2) is 6.50. The Kier molecular flexibility index (Phi) is 4.97. The molecule has 2 rings (SSSR count). The van der Waals surface area contributed by atoms with Gasteiger partial charge in [0.25, 0.3) is 0 Å². The molecule has 5 nitrogen and oxygen atoms in total. The molecule has 18 heavy (non-hydrogen) atoms. The maximum Gasteiger partial charge on any atom is 0.221 e. The molecule has 0 atom stereocenters. The topological polar surface area (TPSA) is 67.6 Å². The summed E-state index contributed by atoms with van der Waals surface area (Å²) in [4.78, 5) is 14.1. The number of morpholine rings is 1. The van der Waals surface area contributed by atoms with Crippen LogP contribution in [0.15, 0.2) is 0 Å². The minimum Gasteiger partial charge on any atom is -0.379 e. The van der Waals surface area contributed by atoms with Gasteiger partial charge in [0.05, 0.1) is 13.2 Å². The number of amides is 1. The lowest BCUT2D eigenvalue weighted by Gasteiger charge is -2.27. The van der Waals surface area contributed by atoms with Crippen molar-refractivity contribution in [1.82, 2.24) is 10.2 Å². The van der Waals surface area contributed by atoms with E-state index in [1.807, 2.05) is 0 Å². The predicted molar refractivity (Wildman–Crippen MR) is 70.3 cm³/mol. The summed E-state index contributed by atoms with van der Waals surface area (Å²) in [7, 11) is 0. The third-order valence-electron chi connectivity index (χ3n) is 3.97. The van der Waals surface area contributed by atoms with Crippen LogP contribution in [0.1, 0.15) is 32.1 Å². The molecule has 1 saturated heterocycles. The standard InChI is InChI=1S/C13H25N3O2/c14-13(3-1-2-4-13)11-12(17)15-5-6-16-7-9-18-10-8-16/h1-11,14H2,(H,15,17). The maximum absolute atomic E-state index is 11.8. The molecule has 0 aromatic rings. The summed E-state index contributed by atoms with van der Waals surface area (Å²) in [6, 6.07) is 0. The van der Waals surface area contributed by atoms with Crippen LogP contribution in [0.3, 0.4) is 0 Å². The van der Waals surface area contributed by atoms with Gasteiger partial charge in [0, 0.05) is 38.1 Å². The summed E-state index contributed by atoms with van der Waals surface area (Å²) in [6.07, 6.45) is 4.79. The number of carbonyl (C=O) groups excluding carboxylic acids is 1. The number of nitrogens with one attached hydrogen (secondary N) is 1. The summed E-state index contributed by atoms with van der Waals surface area (Å²) >= 11 is 0. The zero-order valence-corrected chi connectivity index (χ0v) is 11.1. The number of carbonyl (C=O) groups is 1. The van der Waals surface area contributed by atoms with Crippen LogP contribution in [-0.4, -0.2) is 55.7 Å². The Hall–Kier alpha value is -0.650. The van der Waals surface area contributed by atoms with Crippen LogP contribution in [-0.2, 0) is 9.53 Å². The lowest BCUT2D eigenvalue weighted by molar-refractivity contribution is -0.122. The van der Waals surface area contributed by atoms with Crippen molar-refractivity contribution in [2.75, 3.05) is 39.4 Å². The number of rotatable bonds is 5. The van der Waals surface area contributed by atoms with E-state index in [0.29, 0.717) is 6.42 Å². The Balaban J connectivity index is 1.59. The average Bonchev–Trinajstić information content (AvgIpc) is 2.77. The van der Waals surface area contributed by atoms with Crippen LogP contribution in [0, 0.1) is 0 Å². The van der Waals surface area contributed by atoms with Crippen molar-refractivity contribution in [3.63, 3.8) is 0 Å². The van der Waals surface area contributed by atoms with Crippen LogP contribution in [0.5, 0.6) is 0 Å². The predicted octanol–water partition coefficient (Wildman–Crippen LogP) is 0.0964. The zero-order valence-electron chi connectivity index (χ0n) is 11.1. The van der Waals surface area contributed by atoms with E-state index in [1.165, 1.54) is 0 Å². The van der Waals surface area contributed by atoms with Crippen molar-refractivity contribution in [1.29, 1.82) is 0 Å². The SMILES string of the molecule is NC1(CC(=O)NCCN2CCOCC2)CCCC1. The monoisotopic (exact) mass is 255 g/mol. The van der Waals surface area contributed by atoms with E-state index < -0.39 is 0 Å². The molecule has 0 aromatic carbocycles. The lowest BCUT2D eigenvalue weighted by Crippen LogP contribution is -2.45.